The van der Waals surface area contributed by atoms with Gasteiger partial charge in [0.1, 0.15) is 0 Å². The lowest BCUT2D eigenvalue weighted by Gasteiger charge is -2.16. The summed E-state index contributed by atoms with van der Waals surface area (Å²) in [6.45, 7) is 0. The van der Waals surface area contributed by atoms with Crippen LogP contribution >= 0.6 is 23.2 Å². The first-order valence-corrected chi connectivity index (χ1v) is 5.01. The van der Waals surface area contributed by atoms with Gasteiger partial charge in [0.2, 0.25) is 0 Å². The van der Waals surface area contributed by atoms with Crippen LogP contribution in [0.3, 0.4) is 0 Å². The largest absolute Gasteiger partial charge is 0.417 e. The van der Waals surface area contributed by atoms with Crippen molar-refractivity contribution in [2.24, 2.45) is 0 Å². The molecule has 1 aromatic rings. The fourth-order valence-corrected chi connectivity index (χ4v) is 1.72. The summed E-state index contributed by atoms with van der Waals surface area (Å²) < 4.78 is 74.5. The fraction of sp³-hybridized carbons (Fsp3) is 0.333. The molecule has 8 heteroatoms. The zero-order valence-corrected chi connectivity index (χ0v) is 9.40. The van der Waals surface area contributed by atoms with Gasteiger partial charge in [-0.3, -0.25) is 0 Å². The summed E-state index contributed by atoms with van der Waals surface area (Å²) in [5, 5.41) is -0.804. The van der Waals surface area contributed by atoms with E-state index in [4.69, 9.17) is 23.2 Å². The second-order valence-electron chi connectivity index (χ2n) is 3.12. The Balaban J connectivity index is 3.49. The predicted octanol–water partition coefficient (Wildman–Crippen LogP) is 5.12. The summed E-state index contributed by atoms with van der Waals surface area (Å²) in [5.41, 5.74) is -3.44. The standard InChI is InChI=1S/C9H4Cl2F6/c10-3-4-1-7(11)6(9(15,16)17)2-5(4)8(12,13)14/h1-2H,3H2. The van der Waals surface area contributed by atoms with E-state index in [0.717, 1.165) is 0 Å². The zero-order chi connectivity index (χ0) is 13.4. The summed E-state index contributed by atoms with van der Waals surface area (Å²) in [4.78, 5) is 0. The van der Waals surface area contributed by atoms with Crippen LogP contribution in [0.5, 0.6) is 0 Å². The van der Waals surface area contributed by atoms with Gasteiger partial charge >= 0.3 is 12.4 Å². The van der Waals surface area contributed by atoms with E-state index in [0.29, 0.717) is 6.07 Å². The summed E-state index contributed by atoms with van der Waals surface area (Å²) >= 11 is 10.5. The second kappa shape index (κ2) is 4.57. The third kappa shape index (κ3) is 3.19. The highest BCUT2D eigenvalue weighted by Gasteiger charge is 2.39. The smallest absolute Gasteiger partial charge is 0.166 e. The average molecular weight is 297 g/mol. The first-order valence-electron chi connectivity index (χ1n) is 4.10. The Morgan fingerprint density at radius 3 is 1.71 bits per heavy atom. The Labute approximate surface area is 102 Å². The first kappa shape index (κ1) is 14.4. The quantitative estimate of drug-likeness (QED) is 0.499. The van der Waals surface area contributed by atoms with Crippen LogP contribution in [0.15, 0.2) is 12.1 Å². The monoisotopic (exact) mass is 296 g/mol. The molecular formula is C9H4Cl2F6. The fourth-order valence-electron chi connectivity index (χ4n) is 1.21. The highest BCUT2D eigenvalue weighted by Crippen LogP contribution is 2.41. The van der Waals surface area contributed by atoms with E-state index < -0.39 is 39.9 Å². The topological polar surface area (TPSA) is 0 Å². The number of halogens is 8. The molecule has 0 saturated carbocycles. The van der Waals surface area contributed by atoms with E-state index in [1.54, 1.807) is 0 Å². The molecule has 0 atom stereocenters. The van der Waals surface area contributed by atoms with E-state index >= 15 is 0 Å². The second-order valence-corrected chi connectivity index (χ2v) is 3.79. The van der Waals surface area contributed by atoms with Gasteiger partial charge in [0, 0.05) is 5.88 Å². The summed E-state index contributed by atoms with van der Waals surface area (Å²) in [5.74, 6) is -0.577. The maximum atomic E-state index is 12.5. The molecule has 0 radical (unpaired) electrons. The molecule has 17 heavy (non-hydrogen) atoms. The van der Waals surface area contributed by atoms with Crippen molar-refractivity contribution < 1.29 is 26.3 Å². The molecular weight excluding hydrogens is 293 g/mol. The van der Waals surface area contributed by atoms with Crippen molar-refractivity contribution in [3.05, 3.63) is 33.8 Å². The Morgan fingerprint density at radius 2 is 1.35 bits per heavy atom. The van der Waals surface area contributed by atoms with Crippen LogP contribution in [0.4, 0.5) is 26.3 Å². The summed E-state index contributed by atoms with van der Waals surface area (Å²) in [6, 6.07) is 0.556. The molecule has 0 heterocycles. The normalized spacial score (nSPS) is 12.9. The van der Waals surface area contributed by atoms with E-state index in [9.17, 15) is 26.3 Å². The highest BCUT2D eigenvalue weighted by atomic mass is 35.5. The SMILES string of the molecule is FC(F)(F)c1cc(C(F)(F)F)c(CCl)cc1Cl. The third-order valence-corrected chi connectivity index (χ3v) is 2.55. The summed E-state index contributed by atoms with van der Waals surface area (Å²) in [7, 11) is 0. The minimum Gasteiger partial charge on any atom is -0.166 e. The molecule has 1 aromatic carbocycles. The Hall–Kier alpha value is -0.620. The lowest BCUT2D eigenvalue weighted by molar-refractivity contribution is -0.143. The molecule has 0 N–H and O–H groups in total. The van der Waals surface area contributed by atoms with Crippen LogP contribution in [0.2, 0.25) is 5.02 Å². The molecule has 1 rings (SSSR count). The molecule has 0 fully saturated rings. The molecule has 0 saturated heterocycles. The van der Waals surface area contributed by atoms with Crippen molar-refractivity contribution in [1.29, 1.82) is 0 Å². The van der Waals surface area contributed by atoms with Gasteiger partial charge in [-0.25, -0.2) is 0 Å². The molecule has 96 valence electrons. The first-order chi connectivity index (χ1) is 7.57. The van der Waals surface area contributed by atoms with Gasteiger partial charge in [-0.2, -0.15) is 26.3 Å². The number of benzene rings is 1. The average Bonchev–Trinajstić information content (AvgIpc) is 2.13. The molecule has 0 amide bonds. The van der Waals surface area contributed by atoms with Crippen molar-refractivity contribution >= 4 is 23.2 Å². The minimum atomic E-state index is -4.94. The van der Waals surface area contributed by atoms with Crippen LogP contribution in [-0.2, 0) is 18.2 Å². The van der Waals surface area contributed by atoms with E-state index in [2.05, 4.69) is 0 Å². The van der Waals surface area contributed by atoms with Gasteiger partial charge < -0.3 is 0 Å². The molecule has 0 aliphatic rings. The van der Waals surface area contributed by atoms with E-state index in [1.165, 1.54) is 0 Å². The molecule has 0 bridgehead atoms. The van der Waals surface area contributed by atoms with Crippen LogP contribution < -0.4 is 0 Å². The number of hydrogen-bond donors (Lipinski definition) is 0. The van der Waals surface area contributed by atoms with Gasteiger partial charge in [0.25, 0.3) is 0 Å². The van der Waals surface area contributed by atoms with Gasteiger partial charge in [-0.05, 0) is 17.7 Å². The van der Waals surface area contributed by atoms with Crippen LogP contribution in [-0.4, -0.2) is 0 Å². The highest BCUT2D eigenvalue weighted by molar-refractivity contribution is 6.31. The van der Waals surface area contributed by atoms with Crippen molar-refractivity contribution in [1.82, 2.24) is 0 Å². The zero-order valence-electron chi connectivity index (χ0n) is 7.89. The van der Waals surface area contributed by atoms with Crippen LogP contribution in [0.1, 0.15) is 16.7 Å². The lowest BCUT2D eigenvalue weighted by atomic mass is 10.0. The number of hydrogen-bond acceptors (Lipinski definition) is 0. The Morgan fingerprint density at radius 1 is 0.882 bits per heavy atom. The predicted molar refractivity (Wildman–Crippen MR) is 51.0 cm³/mol. The van der Waals surface area contributed by atoms with Crippen molar-refractivity contribution in [3.8, 4) is 0 Å². The molecule has 0 unspecified atom stereocenters. The van der Waals surface area contributed by atoms with Crippen LogP contribution in [0, 0.1) is 0 Å². The minimum absolute atomic E-state index is 0.0277. The Bertz CT molecular complexity index is 421. The third-order valence-electron chi connectivity index (χ3n) is 1.95. The van der Waals surface area contributed by atoms with E-state index in [-0.39, 0.29) is 6.07 Å². The van der Waals surface area contributed by atoms with Gasteiger partial charge in [-0.15, -0.1) is 11.6 Å². The molecule has 0 nitrogen and oxygen atoms in total. The van der Waals surface area contributed by atoms with Gasteiger partial charge in [0.15, 0.2) is 0 Å². The molecule has 0 aromatic heterocycles. The maximum Gasteiger partial charge on any atom is 0.417 e. The van der Waals surface area contributed by atoms with Crippen molar-refractivity contribution in [2.75, 3.05) is 0 Å². The van der Waals surface area contributed by atoms with Crippen molar-refractivity contribution in [2.45, 2.75) is 18.2 Å². The Kier molecular flexibility index (Phi) is 3.88. The lowest BCUT2D eigenvalue weighted by Crippen LogP contribution is -2.13. The number of rotatable bonds is 1. The maximum absolute atomic E-state index is 12.5. The van der Waals surface area contributed by atoms with Crippen LogP contribution in [0.25, 0.3) is 0 Å². The number of alkyl halides is 7. The van der Waals surface area contributed by atoms with Gasteiger partial charge in [-0.1, -0.05) is 11.6 Å². The molecule has 0 spiro atoms. The van der Waals surface area contributed by atoms with E-state index in [1.807, 2.05) is 0 Å². The van der Waals surface area contributed by atoms with Crippen molar-refractivity contribution in [3.63, 3.8) is 0 Å². The summed E-state index contributed by atoms with van der Waals surface area (Å²) in [6.07, 6.45) is -9.85. The molecule has 0 aliphatic carbocycles. The van der Waals surface area contributed by atoms with Gasteiger partial charge in [0.05, 0.1) is 16.1 Å². The molecule has 0 aliphatic heterocycles.